The van der Waals surface area contributed by atoms with Gasteiger partial charge in [-0.2, -0.15) is 0 Å². The average molecular weight is 591 g/mol. The highest BCUT2D eigenvalue weighted by molar-refractivity contribution is 5.98. The van der Waals surface area contributed by atoms with Gasteiger partial charge in [-0.05, 0) is 31.7 Å². The Balaban J connectivity index is 5.87. The highest BCUT2D eigenvalue weighted by Gasteiger charge is 2.34. The number of carbonyl (C=O) groups is 8. The monoisotopic (exact) mass is 590 g/mol. The van der Waals surface area contributed by atoms with Crippen molar-refractivity contribution in [3.63, 3.8) is 0 Å². The summed E-state index contributed by atoms with van der Waals surface area (Å²) in [6.07, 6.45) is -2.39. The van der Waals surface area contributed by atoms with Crippen molar-refractivity contribution in [2.75, 3.05) is 6.54 Å². The highest BCUT2D eigenvalue weighted by atomic mass is 16.4. The molecular weight excluding hydrogens is 552 g/mol. The summed E-state index contributed by atoms with van der Waals surface area (Å²) in [5, 5.41) is 45.1. The molecule has 18 nitrogen and oxygen atoms in total. The molecule has 0 aromatic heterocycles. The normalized spacial score (nSPS) is 14.5. The summed E-state index contributed by atoms with van der Waals surface area (Å²) >= 11 is 0. The summed E-state index contributed by atoms with van der Waals surface area (Å²) in [6, 6.07) is -8.21. The van der Waals surface area contributed by atoms with Crippen molar-refractivity contribution in [2.24, 2.45) is 17.4 Å². The number of aliphatic carboxylic acids is 4. The first-order valence-corrected chi connectivity index (χ1v) is 12.5. The number of amides is 4. The first kappa shape index (κ1) is 36.7. The Morgan fingerprint density at radius 2 is 0.927 bits per heavy atom. The van der Waals surface area contributed by atoms with Crippen molar-refractivity contribution in [3.05, 3.63) is 0 Å². The standard InChI is InChI=1S/C23H38N6O12/c1-10(2)18(25)22(39)29-14(9-17(34)35)21(38)28-13(8-16(32)33)20(37)27-12(7-15(30)31)19(36)26-11(23(40)41)5-3-4-6-24/h10-14,18H,3-9,24-25H2,1-2H3,(H,26,36)(H,27,37)(H,28,38)(H,29,39)(H,30,31)(H,32,33)(H,34,35)(H,40,41). The molecule has 0 aromatic carbocycles. The van der Waals surface area contributed by atoms with Gasteiger partial charge in [-0.1, -0.05) is 13.8 Å². The first-order valence-electron chi connectivity index (χ1n) is 12.5. The summed E-state index contributed by atoms with van der Waals surface area (Å²) in [5.41, 5.74) is 11.1. The predicted molar refractivity (Wildman–Crippen MR) is 138 cm³/mol. The number of carboxylic acids is 4. The fourth-order valence-electron chi connectivity index (χ4n) is 3.29. The highest BCUT2D eigenvalue weighted by Crippen LogP contribution is 2.06. The van der Waals surface area contributed by atoms with Gasteiger partial charge in [0.05, 0.1) is 25.3 Å². The summed E-state index contributed by atoms with van der Waals surface area (Å²) in [7, 11) is 0. The molecule has 0 heterocycles. The lowest BCUT2D eigenvalue weighted by molar-refractivity contribution is -0.145. The zero-order valence-electron chi connectivity index (χ0n) is 22.6. The van der Waals surface area contributed by atoms with Gasteiger partial charge in [0.25, 0.3) is 0 Å². The molecule has 0 aliphatic rings. The number of hydrogen-bond donors (Lipinski definition) is 10. The Bertz CT molecular complexity index is 988. The number of nitrogens with two attached hydrogens (primary N) is 2. The Kier molecular flexibility index (Phi) is 16.2. The molecule has 0 rings (SSSR count). The van der Waals surface area contributed by atoms with Crippen LogP contribution in [0.15, 0.2) is 0 Å². The van der Waals surface area contributed by atoms with E-state index in [2.05, 4.69) is 10.6 Å². The molecule has 5 atom stereocenters. The van der Waals surface area contributed by atoms with Crippen LogP contribution in [0, 0.1) is 5.92 Å². The van der Waals surface area contributed by atoms with Crippen LogP contribution < -0.4 is 32.7 Å². The third kappa shape index (κ3) is 14.6. The van der Waals surface area contributed by atoms with Gasteiger partial charge in [0.2, 0.25) is 23.6 Å². The first-order chi connectivity index (χ1) is 19.0. The van der Waals surface area contributed by atoms with Crippen LogP contribution in [0.2, 0.25) is 0 Å². The minimum absolute atomic E-state index is 0.0547. The molecule has 0 bridgehead atoms. The van der Waals surface area contributed by atoms with E-state index in [1.165, 1.54) is 0 Å². The maximum absolute atomic E-state index is 12.9. The smallest absolute Gasteiger partial charge is 0.326 e. The summed E-state index contributed by atoms with van der Waals surface area (Å²) in [5.74, 6) is -11.3. The maximum Gasteiger partial charge on any atom is 0.326 e. The minimum Gasteiger partial charge on any atom is -0.481 e. The second-order valence-corrected chi connectivity index (χ2v) is 9.43. The Morgan fingerprint density at radius 1 is 0.585 bits per heavy atom. The number of unbranched alkanes of at least 4 members (excludes halogenated alkanes) is 1. The van der Waals surface area contributed by atoms with Crippen molar-refractivity contribution in [2.45, 2.75) is 82.6 Å². The molecule has 0 aliphatic carbocycles. The van der Waals surface area contributed by atoms with Gasteiger partial charge >= 0.3 is 23.9 Å². The number of nitrogens with one attached hydrogen (secondary N) is 4. The number of hydrogen-bond acceptors (Lipinski definition) is 10. The zero-order chi connectivity index (χ0) is 31.9. The van der Waals surface area contributed by atoms with E-state index in [4.69, 9.17) is 16.6 Å². The number of rotatable bonds is 20. The summed E-state index contributed by atoms with van der Waals surface area (Å²) in [6.45, 7) is 3.44. The van der Waals surface area contributed by atoms with Gasteiger partial charge in [0, 0.05) is 0 Å². The second kappa shape index (κ2) is 18.1. The van der Waals surface area contributed by atoms with Crippen LogP contribution >= 0.6 is 0 Å². The van der Waals surface area contributed by atoms with Gasteiger partial charge in [0.15, 0.2) is 0 Å². The van der Waals surface area contributed by atoms with Crippen molar-refractivity contribution >= 4 is 47.5 Å². The largest absolute Gasteiger partial charge is 0.481 e. The van der Waals surface area contributed by atoms with Gasteiger partial charge < -0.3 is 53.2 Å². The molecule has 0 saturated carbocycles. The SMILES string of the molecule is CC(C)C(N)C(=O)NC(CC(=O)O)C(=O)NC(CC(=O)O)C(=O)NC(CC(=O)O)C(=O)NC(CCCCN)C(=O)O. The molecular formula is C23H38N6O12. The number of carbonyl (C=O) groups excluding carboxylic acids is 4. The van der Waals surface area contributed by atoms with Gasteiger partial charge in [0.1, 0.15) is 24.2 Å². The van der Waals surface area contributed by atoms with Crippen molar-refractivity contribution in [3.8, 4) is 0 Å². The van der Waals surface area contributed by atoms with Crippen molar-refractivity contribution in [1.82, 2.24) is 21.3 Å². The van der Waals surface area contributed by atoms with Crippen LogP contribution in [-0.2, 0) is 38.4 Å². The van der Waals surface area contributed by atoms with E-state index in [1.54, 1.807) is 13.8 Å². The van der Waals surface area contributed by atoms with E-state index < -0.39 is 103 Å². The molecule has 5 unspecified atom stereocenters. The molecule has 232 valence electrons. The van der Waals surface area contributed by atoms with Gasteiger partial charge in [-0.3, -0.25) is 33.6 Å². The van der Waals surface area contributed by atoms with Crippen LogP contribution in [-0.4, -0.2) is 105 Å². The molecule has 18 heteroatoms. The third-order valence-electron chi connectivity index (χ3n) is 5.62. The van der Waals surface area contributed by atoms with E-state index >= 15 is 0 Å². The van der Waals surface area contributed by atoms with Gasteiger partial charge in [-0.25, -0.2) is 4.79 Å². The number of carboxylic acid groups (broad SMARTS) is 4. The van der Waals surface area contributed by atoms with Crippen LogP contribution in [0.3, 0.4) is 0 Å². The lowest BCUT2D eigenvalue weighted by Crippen LogP contribution is -2.59. The fraction of sp³-hybridized carbons (Fsp3) is 0.652. The lowest BCUT2D eigenvalue weighted by atomic mass is 10.0. The maximum atomic E-state index is 12.9. The van der Waals surface area contributed by atoms with E-state index in [-0.39, 0.29) is 13.0 Å². The van der Waals surface area contributed by atoms with Gasteiger partial charge in [-0.15, -0.1) is 0 Å². The molecule has 0 spiro atoms. The van der Waals surface area contributed by atoms with Crippen LogP contribution in [0.5, 0.6) is 0 Å². The van der Waals surface area contributed by atoms with Crippen LogP contribution in [0.1, 0.15) is 52.4 Å². The van der Waals surface area contributed by atoms with E-state index in [0.29, 0.717) is 12.8 Å². The molecule has 0 aliphatic heterocycles. The van der Waals surface area contributed by atoms with Crippen molar-refractivity contribution in [1.29, 1.82) is 0 Å². The van der Waals surface area contributed by atoms with E-state index in [1.807, 2.05) is 10.6 Å². The Labute approximate surface area is 234 Å². The lowest BCUT2D eigenvalue weighted by Gasteiger charge is -2.25. The van der Waals surface area contributed by atoms with Crippen LogP contribution in [0.4, 0.5) is 0 Å². The van der Waals surface area contributed by atoms with E-state index in [0.717, 1.165) is 0 Å². The Hall–Kier alpha value is -4.32. The molecule has 41 heavy (non-hydrogen) atoms. The predicted octanol–water partition coefficient (Wildman–Crippen LogP) is -3.45. The zero-order valence-corrected chi connectivity index (χ0v) is 22.6. The molecule has 0 aromatic rings. The minimum atomic E-state index is -1.96. The molecule has 12 N–H and O–H groups in total. The van der Waals surface area contributed by atoms with Crippen molar-refractivity contribution < 1.29 is 58.8 Å². The summed E-state index contributed by atoms with van der Waals surface area (Å²) in [4.78, 5) is 96.1. The fourth-order valence-corrected chi connectivity index (χ4v) is 3.29. The summed E-state index contributed by atoms with van der Waals surface area (Å²) < 4.78 is 0. The third-order valence-corrected chi connectivity index (χ3v) is 5.62. The second-order valence-electron chi connectivity index (χ2n) is 9.43. The molecule has 0 fully saturated rings. The average Bonchev–Trinajstić information content (AvgIpc) is 2.85. The van der Waals surface area contributed by atoms with Crippen LogP contribution in [0.25, 0.3) is 0 Å². The topological polar surface area (TPSA) is 318 Å². The molecule has 0 radical (unpaired) electrons. The van der Waals surface area contributed by atoms with E-state index in [9.17, 15) is 53.7 Å². The molecule has 0 saturated heterocycles. The molecule has 4 amide bonds. The Morgan fingerprint density at radius 3 is 1.22 bits per heavy atom. The quantitative estimate of drug-likeness (QED) is 0.0616.